The Morgan fingerprint density at radius 1 is 1.33 bits per heavy atom. The molecule has 0 saturated heterocycles. The molecule has 12 heteroatoms. The number of aliphatic hydroxyl groups is 1. The monoisotopic (exact) mass is 495 g/mol. The molecule has 2 aromatic heterocycles. The fourth-order valence-electron chi connectivity index (χ4n) is 4.14. The second-order valence-electron chi connectivity index (χ2n) is 8.19. The minimum Gasteiger partial charge on any atom is -0.485 e. The van der Waals surface area contributed by atoms with Crippen molar-refractivity contribution in [2.24, 2.45) is 7.05 Å². The zero-order chi connectivity index (χ0) is 23.8. The smallest absolute Gasteiger partial charge is 0.266 e. The summed E-state index contributed by atoms with van der Waals surface area (Å²) in [5.41, 5.74) is 0.0315. The molecule has 4 rings (SSSR count). The molecule has 2 heterocycles. The normalized spacial score (nSPS) is 23.3. The predicted octanol–water partition coefficient (Wildman–Crippen LogP) is 3.27. The van der Waals surface area contributed by atoms with Gasteiger partial charge in [-0.05, 0) is 44.4 Å². The van der Waals surface area contributed by atoms with E-state index in [4.69, 9.17) is 16.3 Å². The molecule has 0 bridgehead atoms. The van der Waals surface area contributed by atoms with Crippen LogP contribution < -0.4 is 9.46 Å². The van der Waals surface area contributed by atoms with Gasteiger partial charge in [-0.1, -0.05) is 11.6 Å². The second-order valence-corrected chi connectivity index (χ2v) is 10.2. The van der Waals surface area contributed by atoms with Crippen LogP contribution in [0.2, 0.25) is 5.02 Å². The standard InChI is InChI=1S/C21H23ClFN5O4S/c1-21(6-3-13(29)9-14(21)17-4-8-26-28(17)2)32-18-11-16(23)19(10-15(18)22)33(30,31)27-20-5-7-24-12-25-20/h4-5,7-8,10-14,29H,3,6,9H2,1-2H3,(H,24,25,27)/t13-,14-,21-/m1/s1. The number of hydrogen-bond donors (Lipinski definition) is 2. The van der Waals surface area contributed by atoms with E-state index >= 15 is 0 Å². The summed E-state index contributed by atoms with van der Waals surface area (Å²) in [6.07, 6.45) is 5.09. The number of nitrogens with zero attached hydrogens (tertiary/aromatic N) is 4. The first-order valence-electron chi connectivity index (χ1n) is 10.2. The number of anilines is 1. The quantitative estimate of drug-likeness (QED) is 0.538. The Kier molecular flexibility index (Phi) is 6.30. The third-order valence-electron chi connectivity index (χ3n) is 5.87. The van der Waals surface area contributed by atoms with E-state index < -0.39 is 32.4 Å². The van der Waals surface area contributed by atoms with Crippen LogP contribution >= 0.6 is 11.6 Å². The van der Waals surface area contributed by atoms with Crippen molar-refractivity contribution in [3.63, 3.8) is 0 Å². The number of ether oxygens (including phenoxy) is 1. The third-order valence-corrected chi connectivity index (χ3v) is 7.54. The highest BCUT2D eigenvalue weighted by molar-refractivity contribution is 7.92. The molecule has 3 aromatic rings. The van der Waals surface area contributed by atoms with Gasteiger partial charge in [-0.2, -0.15) is 5.10 Å². The van der Waals surface area contributed by atoms with Gasteiger partial charge in [0.1, 0.15) is 34.2 Å². The van der Waals surface area contributed by atoms with Crippen LogP contribution in [0.15, 0.2) is 47.9 Å². The number of sulfonamides is 1. The number of rotatable bonds is 6. The summed E-state index contributed by atoms with van der Waals surface area (Å²) in [7, 11) is -2.49. The molecule has 1 aromatic carbocycles. The summed E-state index contributed by atoms with van der Waals surface area (Å²) >= 11 is 6.35. The van der Waals surface area contributed by atoms with Crippen molar-refractivity contribution in [2.45, 2.75) is 48.7 Å². The van der Waals surface area contributed by atoms with Crippen molar-refractivity contribution in [3.05, 3.63) is 59.5 Å². The molecule has 1 aliphatic carbocycles. The molecule has 0 unspecified atom stereocenters. The number of benzene rings is 1. The molecule has 9 nitrogen and oxygen atoms in total. The number of nitrogens with one attached hydrogen (secondary N) is 1. The predicted molar refractivity (Wildman–Crippen MR) is 119 cm³/mol. The van der Waals surface area contributed by atoms with Gasteiger partial charge in [0.15, 0.2) is 0 Å². The van der Waals surface area contributed by atoms with Gasteiger partial charge in [0.2, 0.25) is 0 Å². The average molecular weight is 496 g/mol. The van der Waals surface area contributed by atoms with Gasteiger partial charge in [-0.15, -0.1) is 0 Å². The molecular weight excluding hydrogens is 473 g/mol. The number of aryl methyl sites for hydroxylation is 1. The van der Waals surface area contributed by atoms with Gasteiger partial charge in [-0.3, -0.25) is 9.40 Å². The molecule has 1 fully saturated rings. The Morgan fingerprint density at radius 3 is 2.79 bits per heavy atom. The molecular formula is C21H23ClFN5O4S. The number of aliphatic hydroxyl groups excluding tert-OH is 1. The lowest BCUT2D eigenvalue weighted by Crippen LogP contribution is -2.46. The molecule has 0 aliphatic heterocycles. The molecule has 1 saturated carbocycles. The zero-order valence-electron chi connectivity index (χ0n) is 17.9. The maximum Gasteiger partial charge on any atom is 0.266 e. The number of hydrogen-bond acceptors (Lipinski definition) is 7. The van der Waals surface area contributed by atoms with E-state index in [-0.39, 0.29) is 22.5 Å². The van der Waals surface area contributed by atoms with Crippen molar-refractivity contribution in [1.82, 2.24) is 19.7 Å². The fourth-order valence-corrected chi connectivity index (χ4v) is 5.50. The lowest BCUT2D eigenvalue weighted by Gasteiger charge is -2.43. The van der Waals surface area contributed by atoms with Gasteiger partial charge in [0, 0.05) is 37.1 Å². The van der Waals surface area contributed by atoms with Gasteiger partial charge in [0.05, 0.1) is 11.1 Å². The van der Waals surface area contributed by atoms with Crippen molar-refractivity contribution < 1.29 is 22.7 Å². The van der Waals surface area contributed by atoms with Crippen LogP contribution in [0.1, 0.15) is 37.8 Å². The van der Waals surface area contributed by atoms with E-state index in [0.29, 0.717) is 19.3 Å². The van der Waals surface area contributed by atoms with E-state index in [0.717, 1.165) is 17.8 Å². The van der Waals surface area contributed by atoms with Crippen LogP contribution in [0.5, 0.6) is 5.75 Å². The van der Waals surface area contributed by atoms with Crippen LogP contribution in [-0.4, -0.2) is 45.0 Å². The molecule has 0 radical (unpaired) electrons. The van der Waals surface area contributed by atoms with E-state index in [1.54, 1.807) is 17.9 Å². The minimum atomic E-state index is -4.29. The highest BCUT2D eigenvalue weighted by Gasteiger charge is 2.44. The summed E-state index contributed by atoms with van der Waals surface area (Å²) < 4.78 is 50.4. The van der Waals surface area contributed by atoms with Gasteiger partial charge in [0.25, 0.3) is 10.0 Å². The summed E-state index contributed by atoms with van der Waals surface area (Å²) in [4.78, 5) is 6.86. The highest BCUT2D eigenvalue weighted by Crippen LogP contribution is 2.45. The average Bonchev–Trinajstić information content (AvgIpc) is 3.18. The van der Waals surface area contributed by atoms with Crippen LogP contribution in [-0.2, 0) is 17.1 Å². The van der Waals surface area contributed by atoms with Crippen molar-refractivity contribution in [2.75, 3.05) is 4.72 Å². The summed E-state index contributed by atoms with van der Waals surface area (Å²) in [5, 5.41) is 14.4. The van der Waals surface area contributed by atoms with Gasteiger partial charge >= 0.3 is 0 Å². The first-order chi connectivity index (χ1) is 15.6. The topological polar surface area (TPSA) is 119 Å². The van der Waals surface area contributed by atoms with Crippen molar-refractivity contribution in [3.8, 4) is 5.75 Å². The van der Waals surface area contributed by atoms with Crippen molar-refractivity contribution in [1.29, 1.82) is 0 Å². The largest absolute Gasteiger partial charge is 0.485 e. The van der Waals surface area contributed by atoms with Crippen LogP contribution in [0.4, 0.5) is 10.2 Å². The Hall–Kier alpha value is -2.76. The van der Waals surface area contributed by atoms with E-state index in [2.05, 4.69) is 19.8 Å². The summed E-state index contributed by atoms with van der Waals surface area (Å²) in [6, 6.07) is 5.16. The Bertz CT molecular complexity index is 1260. The van der Waals surface area contributed by atoms with E-state index in [9.17, 15) is 17.9 Å². The summed E-state index contributed by atoms with van der Waals surface area (Å²) in [5.74, 6) is -1.25. The number of halogens is 2. The van der Waals surface area contributed by atoms with Crippen molar-refractivity contribution >= 4 is 27.4 Å². The van der Waals surface area contributed by atoms with Crippen LogP contribution in [0, 0.1) is 5.82 Å². The maximum atomic E-state index is 15.0. The SMILES string of the molecule is Cn1nccc1[C@H]1C[C@H](O)CC[C@@]1(C)Oc1cc(F)c(S(=O)(=O)Nc2ccncn2)cc1Cl. The molecule has 176 valence electrons. The first-order valence-corrected chi connectivity index (χ1v) is 12.1. The maximum absolute atomic E-state index is 15.0. The molecule has 2 N–H and O–H groups in total. The first kappa shape index (κ1) is 23.4. The molecule has 0 spiro atoms. The van der Waals surface area contributed by atoms with Crippen LogP contribution in [0.25, 0.3) is 0 Å². The molecule has 33 heavy (non-hydrogen) atoms. The second kappa shape index (κ2) is 8.88. The molecule has 1 aliphatic rings. The third kappa shape index (κ3) is 4.80. The Balaban J connectivity index is 1.65. The highest BCUT2D eigenvalue weighted by atomic mass is 35.5. The minimum absolute atomic E-state index is 0.00635. The van der Waals surface area contributed by atoms with E-state index in [1.165, 1.54) is 18.6 Å². The number of aromatic nitrogens is 4. The molecule has 3 atom stereocenters. The van der Waals surface area contributed by atoms with Gasteiger partial charge < -0.3 is 9.84 Å². The van der Waals surface area contributed by atoms with Crippen LogP contribution in [0.3, 0.4) is 0 Å². The van der Waals surface area contributed by atoms with Gasteiger partial charge in [-0.25, -0.2) is 22.8 Å². The Morgan fingerprint density at radius 2 is 2.12 bits per heavy atom. The lowest BCUT2D eigenvalue weighted by atomic mass is 9.73. The lowest BCUT2D eigenvalue weighted by molar-refractivity contribution is -0.0209. The molecule has 0 amide bonds. The zero-order valence-corrected chi connectivity index (χ0v) is 19.5. The Labute approximate surface area is 195 Å². The fraction of sp³-hybridized carbons (Fsp3) is 0.381. The summed E-state index contributed by atoms with van der Waals surface area (Å²) in [6.45, 7) is 1.87. The van der Waals surface area contributed by atoms with E-state index in [1.807, 2.05) is 13.0 Å².